The van der Waals surface area contributed by atoms with Crippen LogP contribution in [0.3, 0.4) is 0 Å². The first-order valence-corrected chi connectivity index (χ1v) is 8.61. The average molecular weight is 358 g/mol. The van der Waals surface area contributed by atoms with E-state index in [4.69, 9.17) is 14.2 Å². The predicted molar refractivity (Wildman–Crippen MR) is 86.6 cm³/mol. The molecule has 0 aromatic rings. The summed E-state index contributed by atoms with van der Waals surface area (Å²) in [6.45, 7) is 6.12. The van der Waals surface area contributed by atoms with Gasteiger partial charge in [0.25, 0.3) is 0 Å². The van der Waals surface area contributed by atoms with Gasteiger partial charge in [-0.15, -0.1) is 0 Å². The summed E-state index contributed by atoms with van der Waals surface area (Å²) >= 11 is 0. The number of ether oxygens (including phenoxy) is 3. The van der Waals surface area contributed by atoms with Crippen molar-refractivity contribution in [1.82, 2.24) is 5.32 Å². The van der Waals surface area contributed by atoms with Crippen molar-refractivity contribution in [1.29, 1.82) is 0 Å². The van der Waals surface area contributed by atoms with Crippen LogP contribution in [0.5, 0.6) is 0 Å². The maximum Gasteiger partial charge on any atom is 0.407 e. The fraction of sp³-hybridized carbons (Fsp3) is 0.824. The van der Waals surface area contributed by atoms with Gasteiger partial charge in [-0.3, -0.25) is 4.79 Å². The summed E-state index contributed by atoms with van der Waals surface area (Å²) < 4.78 is 16.4. The van der Waals surface area contributed by atoms with Crippen LogP contribution in [-0.4, -0.2) is 49.0 Å². The van der Waals surface area contributed by atoms with Crippen molar-refractivity contribution < 1.29 is 33.7 Å². The van der Waals surface area contributed by atoms with Crippen LogP contribution in [0.2, 0.25) is 0 Å². The molecule has 0 radical (unpaired) electrons. The predicted octanol–water partition coefficient (Wildman–Crippen LogP) is 0.912. The largest absolute Gasteiger partial charge is 0.550 e. The molecule has 1 fully saturated rings. The normalized spacial score (nSPS) is 19.1. The van der Waals surface area contributed by atoms with E-state index in [2.05, 4.69) is 5.32 Å². The summed E-state index contributed by atoms with van der Waals surface area (Å²) in [6.07, 6.45) is 0.800. The third-order valence-corrected chi connectivity index (χ3v) is 3.41. The van der Waals surface area contributed by atoms with Crippen molar-refractivity contribution in [3.05, 3.63) is 0 Å². The van der Waals surface area contributed by atoms with E-state index in [9.17, 15) is 19.5 Å². The number of carboxylic acid groups (broad SMARTS) is 1. The van der Waals surface area contributed by atoms with Crippen molar-refractivity contribution in [3.63, 3.8) is 0 Å². The summed E-state index contributed by atoms with van der Waals surface area (Å²) in [7, 11) is 0. The highest BCUT2D eigenvalue weighted by atomic mass is 16.7. The molecule has 8 heteroatoms. The lowest BCUT2D eigenvalue weighted by molar-refractivity contribution is -0.304. The number of ketones is 1. The second-order valence-corrected chi connectivity index (χ2v) is 7.06. The Bertz CT molecular complexity index is 452. The lowest BCUT2D eigenvalue weighted by Gasteiger charge is -2.28. The molecule has 2 atom stereocenters. The Morgan fingerprint density at radius 2 is 2.00 bits per heavy atom. The van der Waals surface area contributed by atoms with Gasteiger partial charge >= 0.3 is 6.09 Å². The molecule has 1 aliphatic rings. The monoisotopic (exact) mass is 358 g/mol. The van der Waals surface area contributed by atoms with E-state index in [0.717, 1.165) is 19.3 Å². The Morgan fingerprint density at radius 3 is 2.56 bits per heavy atom. The first-order valence-electron chi connectivity index (χ1n) is 8.61. The van der Waals surface area contributed by atoms with E-state index in [1.165, 1.54) is 0 Å². The second kappa shape index (κ2) is 10.4. The number of rotatable bonds is 9. The third-order valence-electron chi connectivity index (χ3n) is 3.41. The highest BCUT2D eigenvalue weighted by molar-refractivity contribution is 5.94. The molecule has 8 nitrogen and oxygen atoms in total. The molecular weight excluding hydrogens is 330 g/mol. The first-order chi connectivity index (χ1) is 11.7. The van der Waals surface area contributed by atoms with E-state index in [1.807, 2.05) is 0 Å². The summed E-state index contributed by atoms with van der Waals surface area (Å²) in [5, 5.41) is 13.1. The minimum absolute atomic E-state index is 0.0656. The molecule has 0 bridgehead atoms. The number of aliphatic carboxylic acids is 1. The van der Waals surface area contributed by atoms with E-state index in [0.29, 0.717) is 13.0 Å². The van der Waals surface area contributed by atoms with E-state index in [1.54, 1.807) is 20.8 Å². The average Bonchev–Trinajstić information content (AvgIpc) is 2.45. The van der Waals surface area contributed by atoms with Gasteiger partial charge in [-0.25, -0.2) is 4.79 Å². The smallest absolute Gasteiger partial charge is 0.407 e. The molecule has 0 aromatic carbocycles. The Hall–Kier alpha value is -1.67. The number of hydrogen-bond donors (Lipinski definition) is 1. The third kappa shape index (κ3) is 10.7. The van der Waals surface area contributed by atoms with Crippen LogP contribution in [0.1, 0.15) is 59.3 Å². The fourth-order valence-electron chi connectivity index (χ4n) is 2.39. The zero-order chi connectivity index (χ0) is 18.9. The Labute approximate surface area is 148 Å². The molecule has 0 aliphatic carbocycles. The number of carbonyl (C=O) groups excluding carboxylic acids is 3. The van der Waals surface area contributed by atoms with Gasteiger partial charge in [0.2, 0.25) is 0 Å². The fourth-order valence-corrected chi connectivity index (χ4v) is 2.39. The molecule has 0 spiro atoms. The van der Waals surface area contributed by atoms with Crippen LogP contribution < -0.4 is 10.4 Å². The van der Waals surface area contributed by atoms with E-state index < -0.39 is 42.3 Å². The number of hydrogen-bond acceptors (Lipinski definition) is 7. The summed E-state index contributed by atoms with van der Waals surface area (Å²) in [5.41, 5.74) is -0.597. The zero-order valence-corrected chi connectivity index (χ0v) is 15.2. The quantitative estimate of drug-likeness (QED) is 0.609. The number of carbonyl (C=O) groups is 3. The highest BCUT2D eigenvalue weighted by Gasteiger charge is 2.23. The second-order valence-electron chi connectivity index (χ2n) is 7.06. The molecule has 25 heavy (non-hydrogen) atoms. The van der Waals surface area contributed by atoms with Crippen molar-refractivity contribution in [3.8, 4) is 0 Å². The Morgan fingerprint density at radius 1 is 1.28 bits per heavy atom. The Balaban J connectivity index is 2.47. The van der Waals surface area contributed by atoms with Gasteiger partial charge in [-0.2, -0.15) is 0 Å². The van der Waals surface area contributed by atoms with Crippen LogP contribution in [0.15, 0.2) is 0 Å². The van der Waals surface area contributed by atoms with E-state index >= 15 is 0 Å². The van der Waals surface area contributed by atoms with Gasteiger partial charge in [-0.1, -0.05) is 0 Å². The van der Waals surface area contributed by atoms with Gasteiger partial charge in [0.1, 0.15) is 11.4 Å². The highest BCUT2D eigenvalue weighted by Crippen LogP contribution is 2.18. The maximum absolute atomic E-state index is 11.7. The number of nitrogens with one attached hydrogen (secondary N) is 1. The Kier molecular flexibility index (Phi) is 8.85. The number of carboxylic acids is 1. The zero-order valence-electron chi connectivity index (χ0n) is 15.2. The van der Waals surface area contributed by atoms with Crippen LogP contribution in [0.25, 0.3) is 0 Å². The number of Topliss-reactive ketones (excluding diaryl/α,β-unsaturated/α-hetero) is 1. The SMILES string of the molecule is CC(C)(C)OC(=O)NCCC(CC(=O)CC(=O)[O-])OC1CCCCO1. The topological polar surface area (TPSA) is 114 Å². The molecule has 1 heterocycles. The molecule has 1 aliphatic heterocycles. The van der Waals surface area contributed by atoms with Crippen molar-refractivity contribution in [2.24, 2.45) is 0 Å². The molecule has 144 valence electrons. The molecule has 1 N–H and O–H groups in total. The van der Waals surface area contributed by atoms with Gasteiger partial charge < -0.3 is 29.4 Å². The molecule has 1 rings (SSSR count). The van der Waals surface area contributed by atoms with Crippen LogP contribution in [0, 0.1) is 0 Å². The number of amides is 1. The lowest BCUT2D eigenvalue weighted by Crippen LogP contribution is -2.36. The minimum atomic E-state index is -1.41. The molecule has 2 unspecified atom stereocenters. The summed E-state index contributed by atoms with van der Waals surface area (Å²) in [6, 6.07) is 0. The van der Waals surface area contributed by atoms with Crippen molar-refractivity contribution >= 4 is 17.8 Å². The molecule has 0 aromatic heterocycles. The molecule has 1 saturated heterocycles. The molecule has 0 saturated carbocycles. The van der Waals surface area contributed by atoms with Gasteiger partial charge in [0.05, 0.1) is 6.10 Å². The van der Waals surface area contributed by atoms with Crippen molar-refractivity contribution in [2.75, 3.05) is 13.2 Å². The lowest BCUT2D eigenvalue weighted by atomic mass is 10.1. The van der Waals surface area contributed by atoms with Gasteiger partial charge in [0.15, 0.2) is 6.29 Å². The number of alkyl carbamates (subject to hydrolysis) is 1. The molecule has 1 amide bonds. The van der Waals surface area contributed by atoms with E-state index in [-0.39, 0.29) is 13.0 Å². The van der Waals surface area contributed by atoms with Crippen LogP contribution >= 0.6 is 0 Å². The summed E-state index contributed by atoms with van der Waals surface area (Å²) in [4.78, 5) is 33.9. The molecular formula is C17H28NO7-. The maximum atomic E-state index is 11.7. The van der Waals surface area contributed by atoms with Gasteiger partial charge in [0, 0.05) is 32.0 Å². The van der Waals surface area contributed by atoms with Gasteiger partial charge in [-0.05, 0) is 46.5 Å². The summed E-state index contributed by atoms with van der Waals surface area (Å²) in [5.74, 6) is -1.89. The first kappa shape index (κ1) is 21.4. The van der Waals surface area contributed by atoms with Crippen LogP contribution in [-0.2, 0) is 23.8 Å². The minimum Gasteiger partial charge on any atom is -0.550 e. The van der Waals surface area contributed by atoms with Crippen LogP contribution in [0.4, 0.5) is 4.79 Å². The van der Waals surface area contributed by atoms with Crippen molar-refractivity contribution in [2.45, 2.75) is 77.3 Å². The standard InChI is InChI=1S/C17H29NO7/c1-17(2,3)25-16(22)18-8-7-13(10-12(19)11-14(20)21)24-15-6-4-5-9-23-15/h13,15H,4-11H2,1-3H3,(H,18,22)(H,20,21)/p-1.